The van der Waals surface area contributed by atoms with Crippen LogP contribution in [-0.2, 0) is 9.59 Å². The first-order valence-corrected chi connectivity index (χ1v) is 6.10. The van der Waals surface area contributed by atoms with Crippen LogP contribution >= 0.6 is 0 Å². The molecule has 1 heterocycles. The van der Waals surface area contributed by atoms with E-state index in [2.05, 4.69) is 10.6 Å². The molecule has 102 valence electrons. The van der Waals surface area contributed by atoms with Crippen LogP contribution in [0.4, 0.5) is 11.4 Å². The van der Waals surface area contributed by atoms with Crippen LogP contribution in [0, 0.1) is 5.92 Å². The van der Waals surface area contributed by atoms with Gasteiger partial charge in [0.05, 0.1) is 11.6 Å². The molecule has 1 aromatic carbocycles. The molecule has 1 aliphatic rings. The van der Waals surface area contributed by atoms with Gasteiger partial charge in [0.25, 0.3) is 5.91 Å². The highest BCUT2D eigenvalue weighted by atomic mass is 16.5. The van der Waals surface area contributed by atoms with Gasteiger partial charge in [0.1, 0.15) is 5.75 Å². The van der Waals surface area contributed by atoms with E-state index in [0.29, 0.717) is 17.1 Å². The third-order valence-corrected chi connectivity index (χ3v) is 3.08. The Morgan fingerprint density at radius 1 is 1.47 bits per heavy atom. The topological polar surface area (TPSA) is 93.5 Å². The number of hydrogen-bond acceptors (Lipinski definition) is 4. The SMILES string of the molecule is CC(N)C(C)C(=O)Nc1ccc2c(c1)NC(=O)CO2. The quantitative estimate of drug-likeness (QED) is 0.756. The molecular weight excluding hydrogens is 246 g/mol. The molecule has 0 radical (unpaired) electrons. The third-order valence-electron chi connectivity index (χ3n) is 3.08. The van der Waals surface area contributed by atoms with E-state index in [9.17, 15) is 9.59 Å². The van der Waals surface area contributed by atoms with Crippen molar-refractivity contribution in [3.8, 4) is 5.75 Å². The minimum absolute atomic E-state index is 0.0143. The van der Waals surface area contributed by atoms with Gasteiger partial charge in [0, 0.05) is 11.7 Å². The molecule has 19 heavy (non-hydrogen) atoms. The van der Waals surface area contributed by atoms with E-state index in [1.54, 1.807) is 32.0 Å². The number of fused-ring (bicyclic) bond motifs is 1. The van der Waals surface area contributed by atoms with Gasteiger partial charge in [-0.2, -0.15) is 0 Å². The predicted molar refractivity (Wildman–Crippen MR) is 72.0 cm³/mol. The molecule has 2 atom stereocenters. The van der Waals surface area contributed by atoms with Crippen molar-refractivity contribution in [3.05, 3.63) is 18.2 Å². The largest absolute Gasteiger partial charge is 0.482 e. The highest BCUT2D eigenvalue weighted by Gasteiger charge is 2.19. The molecule has 0 saturated carbocycles. The summed E-state index contributed by atoms with van der Waals surface area (Å²) in [6.45, 7) is 3.56. The van der Waals surface area contributed by atoms with E-state index in [4.69, 9.17) is 10.5 Å². The molecule has 0 saturated heterocycles. The predicted octanol–water partition coefficient (Wildman–Crippen LogP) is 0.939. The number of benzene rings is 1. The molecule has 4 N–H and O–H groups in total. The number of nitrogens with one attached hydrogen (secondary N) is 2. The summed E-state index contributed by atoms with van der Waals surface area (Å²) in [5.41, 5.74) is 6.84. The highest BCUT2D eigenvalue weighted by Crippen LogP contribution is 2.30. The molecule has 1 aliphatic heterocycles. The van der Waals surface area contributed by atoms with Crippen LogP contribution in [0.5, 0.6) is 5.75 Å². The number of carbonyl (C=O) groups excluding carboxylic acids is 2. The van der Waals surface area contributed by atoms with Crippen molar-refractivity contribution in [2.24, 2.45) is 11.7 Å². The van der Waals surface area contributed by atoms with Crippen LogP contribution in [0.1, 0.15) is 13.8 Å². The number of hydrogen-bond donors (Lipinski definition) is 3. The average molecular weight is 263 g/mol. The maximum Gasteiger partial charge on any atom is 0.262 e. The molecule has 0 aromatic heterocycles. The first-order valence-electron chi connectivity index (χ1n) is 6.10. The van der Waals surface area contributed by atoms with Crippen LogP contribution in [0.3, 0.4) is 0 Å². The number of amides is 2. The summed E-state index contributed by atoms with van der Waals surface area (Å²) in [5, 5.41) is 5.45. The van der Waals surface area contributed by atoms with E-state index < -0.39 is 0 Å². The summed E-state index contributed by atoms with van der Waals surface area (Å²) in [6, 6.07) is 4.88. The average Bonchev–Trinajstić information content (AvgIpc) is 2.37. The van der Waals surface area contributed by atoms with Gasteiger partial charge in [0.2, 0.25) is 5.91 Å². The maximum atomic E-state index is 11.9. The minimum atomic E-state index is -0.290. The minimum Gasteiger partial charge on any atom is -0.482 e. The van der Waals surface area contributed by atoms with Crippen molar-refractivity contribution in [3.63, 3.8) is 0 Å². The lowest BCUT2D eigenvalue weighted by Gasteiger charge is -2.20. The van der Waals surface area contributed by atoms with Gasteiger partial charge < -0.3 is 21.1 Å². The molecule has 2 amide bonds. The third kappa shape index (κ3) is 3.03. The summed E-state index contributed by atoms with van der Waals surface area (Å²) in [4.78, 5) is 23.1. The fourth-order valence-electron chi connectivity index (χ4n) is 1.66. The first kappa shape index (κ1) is 13.4. The van der Waals surface area contributed by atoms with Crippen molar-refractivity contribution in [2.75, 3.05) is 17.2 Å². The molecule has 0 spiro atoms. The Morgan fingerprint density at radius 3 is 2.89 bits per heavy atom. The molecule has 1 aromatic rings. The summed E-state index contributed by atoms with van der Waals surface area (Å²) in [5.74, 6) is -0.0577. The van der Waals surface area contributed by atoms with Crippen molar-refractivity contribution >= 4 is 23.2 Å². The van der Waals surface area contributed by atoms with E-state index in [-0.39, 0.29) is 30.4 Å². The van der Waals surface area contributed by atoms with Gasteiger partial charge >= 0.3 is 0 Å². The van der Waals surface area contributed by atoms with E-state index in [1.807, 2.05) is 0 Å². The van der Waals surface area contributed by atoms with Crippen molar-refractivity contribution in [2.45, 2.75) is 19.9 Å². The second kappa shape index (κ2) is 5.27. The first-order chi connectivity index (χ1) is 8.97. The number of rotatable bonds is 3. The highest BCUT2D eigenvalue weighted by molar-refractivity contribution is 5.98. The lowest BCUT2D eigenvalue weighted by atomic mass is 10.0. The number of anilines is 2. The lowest BCUT2D eigenvalue weighted by Crippen LogP contribution is -2.34. The van der Waals surface area contributed by atoms with Crippen molar-refractivity contribution in [1.82, 2.24) is 0 Å². The Labute approximate surface area is 111 Å². The van der Waals surface area contributed by atoms with Crippen LogP contribution in [0.25, 0.3) is 0 Å². The van der Waals surface area contributed by atoms with E-state index in [0.717, 1.165) is 0 Å². The monoisotopic (exact) mass is 263 g/mol. The maximum absolute atomic E-state index is 11.9. The van der Waals surface area contributed by atoms with Crippen molar-refractivity contribution < 1.29 is 14.3 Å². The van der Waals surface area contributed by atoms with Gasteiger partial charge in [-0.25, -0.2) is 0 Å². The molecule has 6 heteroatoms. The Morgan fingerprint density at radius 2 is 2.21 bits per heavy atom. The van der Waals surface area contributed by atoms with E-state index >= 15 is 0 Å². The molecule has 0 aliphatic carbocycles. The van der Waals surface area contributed by atoms with Gasteiger partial charge in [-0.15, -0.1) is 0 Å². The summed E-state index contributed by atoms with van der Waals surface area (Å²) in [7, 11) is 0. The number of nitrogens with two attached hydrogens (primary N) is 1. The van der Waals surface area contributed by atoms with Gasteiger partial charge in [0.15, 0.2) is 6.61 Å². The molecule has 2 rings (SSSR count). The molecule has 2 unspecified atom stereocenters. The lowest BCUT2D eigenvalue weighted by molar-refractivity contribution is -0.120. The standard InChI is InChI=1S/C13H17N3O3/c1-7(8(2)14)13(18)15-9-3-4-11-10(5-9)16-12(17)6-19-11/h3-5,7-8H,6,14H2,1-2H3,(H,15,18)(H,16,17). The van der Waals surface area contributed by atoms with Gasteiger partial charge in [-0.1, -0.05) is 6.92 Å². The summed E-state index contributed by atoms with van der Waals surface area (Å²) < 4.78 is 5.24. The van der Waals surface area contributed by atoms with Gasteiger partial charge in [-0.3, -0.25) is 9.59 Å². The second-order valence-electron chi connectivity index (χ2n) is 4.68. The van der Waals surface area contributed by atoms with Crippen LogP contribution in [0.2, 0.25) is 0 Å². The Balaban J connectivity index is 2.12. The van der Waals surface area contributed by atoms with Crippen LogP contribution in [-0.4, -0.2) is 24.5 Å². The van der Waals surface area contributed by atoms with E-state index in [1.165, 1.54) is 0 Å². The van der Waals surface area contributed by atoms with Gasteiger partial charge in [-0.05, 0) is 25.1 Å². The molecular formula is C13H17N3O3. The Bertz CT molecular complexity index is 514. The van der Waals surface area contributed by atoms with Crippen molar-refractivity contribution in [1.29, 1.82) is 0 Å². The Kier molecular flexibility index (Phi) is 3.71. The Hall–Kier alpha value is -2.08. The molecule has 0 bridgehead atoms. The second-order valence-corrected chi connectivity index (χ2v) is 4.68. The zero-order valence-electron chi connectivity index (χ0n) is 10.9. The van der Waals surface area contributed by atoms with Crippen LogP contribution in [0.15, 0.2) is 18.2 Å². The summed E-state index contributed by atoms with van der Waals surface area (Å²) in [6.07, 6.45) is 0. The molecule has 6 nitrogen and oxygen atoms in total. The zero-order chi connectivity index (χ0) is 14.0. The number of ether oxygens (including phenoxy) is 1. The smallest absolute Gasteiger partial charge is 0.262 e. The normalized spacial score (nSPS) is 16.7. The molecule has 0 fully saturated rings. The summed E-state index contributed by atoms with van der Waals surface area (Å²) >= 11 is 0. The zero-order valence-corrected chi connectivity index (χ0v) is 10.9. The number of carbonyl (C=O) groups is 2. The van der Waals surface area contributed by atoms with Crippen LogP contribution < -0.4 is 21.1 Å². The fourth-order valence-corrected chi connectivity index (χ4v) is 1.66. The fraction of sp³-hybridized carbons (Fsp3) is 0.385.